The summed E-state index contributed by atoms with van der Waals surface area (Å²) >= 11 is 0. The largest absolute Gasteiger partial charge is 0.505 e. The van der Waals surface area contributed by atoms with Gasteiger partial charge in [-0.3, -0.25) is 4.79 Å². The summed E-state index contributed by atoms with van der Waals surface area (Å²) in [5.41, 5.74) is 2.67. The van der Waals surface area contributed by atoms with Crippen LogP contribution in [0.3, 0.4) is 0 Å². The van der Waals surface area contributed by atoms with E-state index in [9.17, 15) is 24.6 Å². The topological polar surface area (TPSA) is 180 Å². The predicted octanol–water partition coefficient (Wildman–Crippen LogP) is 3.95. The Morgan fingerprint density at radius 1 is 1.12 bits per heavy atom. The first-order valence-electron chi connectivity index (χ1n) is 14.8. The second-order valence-electron chi connectivity index (χ2n) is 13.4. The number of primary amides is 1. The third-order valence-corrected chi connectivity index (χ3v) is 9.42. The summed E-state index contributed by atoms with van der Waals surface area (Å²) < 4.78 is 28.1. The molecule has 1 aromatic heterocycles. The predicted molar refractivity (Wildman–Crippen MR) is 156 cm³/mol. The van der Waals surface area contributed by atoms with Crippen molar-refractivity contribution in [2.24, 2.45) is 28.9 Å². The summed E-state index contributed by atoms with van der Waals surface area (Å²) in [5, 5.41) is 25.0. The standard InChI is InChI=1S/C31H42N2O10/c1-14-9-16-11-17(10-14)13-31(5,12-16)28(37)33-20-21(34)18-7-8-19(15(2)23(18)41-26(20)36)40-27-22(35)24(42-29(32)38)25(39-6)30(3,4)43-27/h7-8,14,16-17,22,24-25,27,34-35H,9-13H2,1-6H3,(H2,32,38)(H,33,37)/t14?,16?,17?,22?,24?,25?,27-,31?/m1/s1. The zero-order chi connectivity index (χ0) is 31.4. The average molecular weight is 603 g/mol. The number of nitrogens with one attached hydrogen (secondary N) is 1. The van der Waals surface area contributed by atoms with Crippen LogP contribution in [0.5, 0.6) is 11.5 Å². The molecule has 5 N–H and O–H groups in total. The average Bonchev–Trinajstić information content (AvgIpc) is 2.89. The molecule has 2 amide bonds. The number of anilines is 1. The van der Waals surface area contributed by atoms with Gasteiger partial charge in [0.2, 0.25) is 12.2 Å². The number of carbonyl (C=O) groups is 2. The second kappa shape index (κ2) is 11.3. The maximum atomic E-state index is 13.5. The van der Waals surface area contributed by atoms with E-state index in [1.807, 2.05) is 6.92 Å². The van der Waals surface area contributed by atoms with E-state index in [0.717, 1.165) is 32.1 Å². The van der Waals surface area contributed by atoms with Crippen molar-refractivity contribution in [3.05, 3.63) is 28.1 Å². The highest BCUT2D eigenvalue weighted by Crippen LogP contribution is 2.51. The van der Waals surface area contributed by atoms with E-state index < -0.39 is 53.1 Å². The third kappa shape index (κ3) is 5.80. The minimum Gasteiger partial charge on any atom is -0.505 e. The number of benzene rings is 1. The van der Waals surface area contributed by atoms with Gasteiger partial charge < -0.3 is 44.6 Å². The molecule has 5 unspecified atom stereocenters. The SMILES string of the molecule is COC1C(OC(N)=O)C(O)[C@H](Oc2ccc3c(O)c(NC(=O)C4(C)CC5CC(C)CC(C5)C4)c(=O)oc3c2C)OC1(C)C. The molecule has 0 radical (unpaired) electrons. The van der Waals surface area contributed by atoms with E-state index in [1.54, 1.807) is 20.8 Å². The molecule has 2 aromatic rings. The highest BCUT2D eigenvalue weighted by molar-refractivity contribution is 6.00. The normalized spacial score (nSPS) is 33.5. The van der Waals surface area contributed by atoms with Crippen molar-refractivity contribution in [2.75, 3.05) is 12.4 Å². The molecule has 3 aliphatic rings. The van der Waals surface area contributed by atoms with Gasteiger partial charge in [0, 0.05) is 18.1 Å². The molecule has 12 nitrogen and oxygen atoms in total. The maximum Gasteiger partial charge on any atom is 0.404 e. The first kappa shape index (κ1) is 31.1. The van der Waals surface area contributed by atoms with E-state index in [-0.39, 0.29) is 28.3 Å². The van der Waals surface area contributed by atoms with Crippen LogP contribution in [0.15, 0.2) is 21.3 Å². The lowest BCUT2D eigenvalue weighted by molar-refractivity contribution is -0.304. The van der Waals surface area contributed by atoms with Gasteiger partial charge in [-0.05, 0) is 82.8 Å². The lowest BCUT2D eigenvalue weighted by Crippen LogP contribution is -2.65. The van der Waals surface area contributed by atoms with Crippen molar-refractivity contribution >= 4 is 28.7 Å². The number of ether oxygens (including phenoxy) is 4. The van der Waals surface area contributed by atoms with Crippen LogP contribution in [0.1, 0.15) is 65.4 Å². The molecule has 1 aliphatic heterocycles. The van der Waals surface area contributed by atoms with Crippen LogP contribution >= 0.6 is 0 Å². The van der Waals surface area contributed by atoms with Crippen molar-refractivity contribution in [3.63, 3.8) is 0 Å². The van der Waals surface area contributed by atoms with E-state index in [2.05, 4.69) is 12.2 Å². The van der Waals surface area contributed by atoms with Gasteiger partial charge in [-0.1, -0.05) is 13.8 Å². The summed E-state index contributed by atoms with van der Waals surface area (Å²) in [6.45, 7) is 9.16. The van der Waals surface area contributed by atoms with Crippen LogP contribution in [-0.2, 0) is 19.0 Å². The van der Waals surface area contributed by atoms with Crippen LogP contribution in [-0.4, -0.2) is 59.5 Å². The molecular formula is C31H42N2O10. The van der Waals surface area contributed by atoms with Gasteiger partial charge in [0.05, 0.1) is 11.0 Å². The van der Waals surface area contributed by atoms with Crippen molar-refractivity contribution < 1.29 is 43.2 Å². The molecule has 0 spiro atoms. The fraction of sp³-hybridized carbons (Fsp3) is 0.645. The number of aromatic hydroxyl groups is 1. The van der Waals surface area contributed by atoms with E-state index in [1.165, 1.54) is 19.2 Å². The van der Waals surface area contributed by atoms with Gasteiger partial charge in [-0.15, -0.1) is 0 Å². The molecule has 2 bridgehead atoms. The molecule has 43 heavy (non-hydrogen) atoms. The number of rotatable bonds is 6. The fourth-order valence-corrected chi connectivity index (χ4v) is 7.71. The Morgan fingerprint density at radius 3 is 2.37 bits per heavy atom. The molecule has 2 saturated carbocycles. The zero-order valence-electron chi connectivity index (χ0n) is 25.5. The summed E-state index contributed by atoms with van der Waals surface area (Å²) in [4.78, 5) is 38.1. The van der Waals surface area contributed by atoms with Gasteiger partial charge in [0.15, 0.2) is 23.6 Å². The maximum absolute atomic E-state index is 13.5. The monoisotopic (exact) mass is 602 g/mol. The minimum atomic E-state index is -1.48. The summed E-state index contributed by atoms with van der Waals surface area (Å²) in [5.74, 6) is 1.05. The van der Waals surface area contributed by atoms with Crippen LogP contribution in [0, 0.1) is 30.1 Å². The molecule has 2 heterocycles. The van der Waals surface area contributed by atoms with Gasteiger partial charge in [0.1, 0.15) is 17.4 Å². The van der Waals surface area contributed by atoms with Crippen LogP contribution < -0.4 is 21.4 Å². The number of methoxy groups -OCH3 is 1. The highest BCUT2D eigenvalue weighted by Gasteiger charge is 2.53. The third-order valence-electron chi connectivity index (χ3n) is 9.42. The van der Waals surface area contributed by atoms with Gasteiger partial charge in [0.25, 0.3) is 0 Å². The van der Waals surface area contributed by atoms with Crippen molar-refractivity contribution in [1.82, 2.24) is 0 Å². The number of nitrogens with two attached hydrogens (primary N) is 1. The number of aliphatic hydroxyl groups is 1. The summed E-state index contributed by atoms with van der Waals surface area (Å²) in [6.07, 6.45) is -1.15. The molecule has 1 aromatic carbocycles. The van der Waals surface area contributed by atoms with Crippen LogP contribution in [0.2, 0.25) is 0 Å². The first-order valence-corrected chi connectivity index (χ1v) is 14.8. The van der Waals surface area contributed by atoms with Crippen LogP contribution in [0.25, 0.3) is 11.0 Å². The Morgan fingerprint density at radius 2 is 1.77 bits per heavy atom. The molecule has 2 aliphatic carbocycles. The zero-order valence-corrected chi connectivity index (χ0v) is 25.5. The summed E-state index contributed by atoms with van der Waals surface area (Å²) in [7, 11) is 1.39. The van der Waals surface area contributed by atoms with Gasteiger partial charge >= 0.3 is 11.7 Å². The summed E-state index contributed by atoms with van der Waals surface area (Å²) in [6, 6.07) is 3.00. The fourth-order valence-electron chi connectivity index (χ4n) is 7.71. The number of amides is 2. The smallest absolute Gasteiger partial charge is 0.404 e. The highest BCUT2D eigenvalue weighted by atomic mass is 16.7. The molecule has 6 atom stereocenters. The Balaban J connectivity index is 1.40. The number of fused-ring (bicyclic) bond motifs is 3. The number of hydrogen-bond acceptors (Lipinski definition) is 10. The lowest BCUT2D eigenvalue weighted by atomic mass is 9.59. The van der Waals surface area contributed by atoms with Crippen molar-refractivity contribution in [2.45, 2.75) is 96.9 Å². The van der Waals surface area contributed by atoms with E-state index in [4.69, 9.17) is 29.1 Å². The Hall–Kier alpha value is -3.35. The van der Waals surface area contributed by atoms with E-state index >= 15 is 0 Å². The number of hydrogen-bond donors (Lipinski definition) is 4. The van der Waals surface area contributed by atoms with Gasteiger partial charge in [-0.2, -0.15) is 0 Å². The number of carbonyl (C=O) groups excluding carboxylic acids is 2. The van der Waals surface area contributed by atoms with Crippen molar-refractivity contribution in [1.29, 1.82) is 0 Å². The molecule has 12 heteroatoms. The quantitative estimate of drug-likeness (QED) is 0.354. The molecular weight excluding hydrogens is 560 g/mol. The number of aryl methyl sites for hydroxylation is 1. The van der Waals surface area contributed by atoms with E-state index in [0.29, 0.717) is 23.3 Å². The Labute approximate surface area is 249 Å². The molecule has 236 valence electrons. The number of aliphatic hydroxyl groups excluding tert-OH is 1. The molecule has 3 fully saturated rings. The molecule has 5 rings (SSSR count). The first-order chi connectivity index (χ1) is 20.1. The van der Waals surface area contributed by atoms with Crippen LogP contribution in [0.4, 0.5) is 10.5 Å². The van der Waals surface area contributed by atoms with Gasteiger partial charge in [-0.25, -0.2) is 9.59 Å². The molecule has 1 saturated heterocycles. The Bertz CT molecular complexity index is 1450. The van der Waals surface area contributed by atoms with Crippen molar-refractivity contribution in [3.8, 4) is 11.5 Å². The lowest BCUT2D eigenvalue weighted by Gasteiger charge is -2.47. The second-order valence-corrected chi connectivity index (χ2v) is 13.4. The Kier molecular flexibility index (Phi) is 8.16. The minimum absolute atomic E-state index is 0.0367.